The van der Waals surface area contributed by atoms with Crippen molar-refractivity contribution in [1.82, 2.24) is 29.4 Å². The lowest BCUT2D eigenvalue weighted by molar-refractivity contribution is -0.104. The normalized spacial score (nSPS) is 14.2. The molecule has 1 unspecified atom stereocenters. The van der Waals surface area contributed by atoms with Crippen LogP contribution in [0.3, 0.4) is 0 Å². The van der Waals surface area contributed by atoms with Crippen molar-refractivity contribution in [2.24, 2.45) is 0 Å². The molecule has 0 bridgehead atoms. The van der Waals surface area contributed by atoms with Gasteiger partial charge in [0.1, 0.15) is 12.4 Å². The molecule has 5 aromatic rings. The first-order valence-electron chi connectivity index (χ1n) is 13.8. The number of imidazole rings is 1. The molecule has 216 valence electrons. The zero-order valence-electron chi connectivity index (χ0n) is 23.6. The highest BCUT2D eigenvalue weighted by atomic mass is 16.2. The number of para-hydroxylation sites is 1. The molecule has 0 radical (unpaired) electrons. The molecular weight excluding hydrogens is 542 g/mol. The van der Waals surface area contributed by atoms with Crippen molar-refractivity contribution in [3.8, 4) is 17.3 Å². The number of benzene rings is 2. The summed E-state index contributed by atoms with van der Waals surface area (Å²) in [7, 11) is 1.85. The fraction of sp³-hybridized carbons (Fsp3) is 0.188. The SMILES string of the molecule is CNc1ccc(C(=O)N2CCC(Nc3ncc(C#N)c(-c4c[nH]c5ccccc45)n3)C2)cc1.O=C/C=C/Cn1ccnc1. The zero-order valence-corrected chi connectivity index (χ0v) is 23.6. The molecule has 3 N–H and O–H groups in total. The summed E-state index contributed by atoms with van der Waals surface area (Å²) in [5.74, 6) is 0.467. The van der Waals surface area contributed by atoms with Crippen LogP contribution < -0.4 is 10.6 Å². The van der Waals surface area contributed by atoms with Crippen molar-refractivity contribution >= 4 is 34.7 Å². The van der Waals surface area contributed by atoms with E-state index in [0.717, 1.165) is 34.9 Å². The first-order valence-corrected chi connectivity index (χ1v) is 13.8. The molecule has 11 nitrogen and oxygen atoms in total. The molecule has 2 aromatic carbocycles. The molecule has 4 heterocycles. The van der Waals surface area contributed by atoms with E-state index in [4.69, 9.17) is 0 Å². The van der Waals surface area contributed by atoms with Gasteiger partial charge in [0.15, 0.2) is 0 Å². The topological polar surface area (TPSA) is 145 Å². The second kappa shape index (κ2) is 13.7. The maximum Gasteiger partial charge on any atom is 0.253 e. The van der Waals surface area contributed by atoms with Gasteiger partial charge >= 0.3 is 0 Å². The average Bonchev–Trinajstić information content (AvgIpc) is 3.83. The molecule has 0 aliphatic carbocycles. The van der Waals surface area contributed by atoms with Crippen LogP contribution >= 0.6 is 0 Å². The molecule has 1 fully saturated rings. The van der Waals surface area contributed by atoms with Crippen molar-refractivity contribution < 1.29 is 9.59 Å². The monoisotopic (exact) mass is 573 g/mol. The third-order valence-corrected chi connectivity index (χ3v) is 7.07. The Balaban J connectivity index is 0.000000314. The van der Waals surface area contributed by atoms with Crippen LogP contribution in [0.4, 0.5) is 11.6 Å². The molecule has 1 saturated heterocycles. The van der Waals surface area contributed by atoms with Crippen molar-refractivity contribution in [3.05, 3.63) is 103 Å². The van der Waals surface area contributed by atoms with E-state index in [9.17, 15) is 14.9 Å². The van der Waals surface area contributed by atoms with Gasteiger partial charge in [0.05, 0.1) is 23.8 Å². The standard InChI is InChI=1S/C25H23N7O.C7H8N2O/c1-27-18-8-6-16(7-9-18)24(33)32-11-10-19(15-32)30-25-29-13-17(12-26)23(31-25)21-14-28-22-5-3-2-4-20(21)22;10-6-2-1-4-9-5-3-8-7-9/h2-9,13-14,19,27-28H,10-11,15H2,1H3,(H,29,30,31);1-3,5-7H,4H2/b;2-1+. The van der Waals surface area contributed by atoms with Crippen LogP contribution in [0.1, 0.15) is 22.3 Å². The second-order valence-corrected chi connectivity index (χ2v) is 9.85. The Morgan fingerprint density at radius 2 is 2.05 bits per heavy atom. The minimum absolute atomic E-state index is 0.0159. The molecule has 1 aliphatic rings. The van der Waals surface area contributed by atoms with Gasteiger partial charge in [-0.3, -0.25) is 9.59 Å². The van der Waals surface area contributed by atoms with Crippen LogP contribution in [0.5, 0.6) is 0 Å². The molecule has 1 amide bonds. The van der Waals surface area contributed by atoms with Gasteiger partial charge in [0, 0.05) is 79.0 Å². The van der Waals surface area contributed by atoms with Crippen molar-refractivity contribution in [2.45, 2.75) is 19.0 Å². The largest absolute Gasteiger partial charge is 0.388 e. The molecule has 3 aromatic heterocycles. The minimum Gasteiger partial charge on any atom is -0.388 e. The van der Waals surface area contributed by atoms with E-state index in [0.29, 0.717) is 42.4 Å². The van der Waals surface area contributed by atoms with Gasteiger partial charge < -0.3 is 25.1 Å². The summed E-state index contributed by atoms with van der Waals surface area (Å²) >= 11 is 0. The molecule has 1 aliphatic heterocycles. The summed E-state index contributed by atoms with van der Waals surface area (Å²) in [6, 6.07) is 17.6. The number of likely N-dealkylation sites (tertiary alicyclic amines) is 1. The number of nitrogens with one attached hydrogen (secondary N) is 3. The smallest absolute Gasteiger partial charge is 0.253 e. The predicted octanol–water partition coefficient (Wildman–Crippen LogP) is 4.50. The van der Waals surface area contributed by atoms with Gasteiger partial charge in [-0.25, -0.2) is 15.0 Å². The number of amides is 1. The second-order valence-electron chi connectivity index (χ2n) is 9.85. The summed E-state index contributed by atoms with van der Waals surface area (Å²) in [6.07, 6.45) is 13.5. The Kier molecular flexibility index (Phi) is 9.19. The molecule has 6 rings (SSSR count). The third-order valence-electron chi connectivity index (χ3n) is 7.07. The molecule has 1 atom stereocenters. The van der Waals surface area contributed by atoms with Gasteiger partial charge in [-0.05, 0) is 42.8 Å². The average molecular weight is 574 g/mol. The van der Waals surface area contributed by atoms with Crippen LogP contribution in [0.2, 0.25) is 0 Å². The van der Waals surface area contributed by atoms with Gasteiger partial charge in [0.25, 0.3) is 5.91 Å². The lowest BCUT2D eigenvalue weighted by Crippen LogP contribution is -2.31. The first-order chi connectivity index (χ1) is 21.1. The minimum atomic E-state index is 0.0159. The van der Waals surface area contributed by atoms with E-state index in [1.165, 1.54) is 6.08 Å². The Hall–Kier alpha value is -5.76. The number of aromatic amines is 1. The van der Waals surface area contributed by atoms with E-state index in [1.54, 1.807) is 24.8 Å². The number of carbonyl (C=O) groups excluding carboxylic acids is 2. The number of allylic oxidation sites excluding steroid dienone is 2. The number of hydrogen-bond donors (Lipinski definition) is 3. The van der Waals surface area contributed by atoms with Gasteiger partial charge in [-0.2, -0.15) is 5.26 Å². The zero-order chi connectivity index (χ0) is 30.0. The number of aldehydes is 1. The summed E-state index contributed by atoms with van der Waals surface area (Å²) < 4.78 is 1.88. The molecule has 43 heavy (non-hydrogen) atoms. The number of anilines is 2. The van der Waals surface area contributed by atoms with E-state index in [-0.39, 0.29) is 11.9 Å². The van der Waals surface area contributed by atoms with Crippen LogP contribution in [-0.4, -0.2) is 67.8 Å². The summed E-state index contributed by atoms with van der Waals surface area (Å²) in [5, 5.41) is 17.0. The number of fused-ring (bicyclic) bond motifs is 1. The molecular formula is C32H31N9O2. The Morgan fingerprint density at radius 3 is 2.79 bits per heavy atom. The number of hydrogen-bond acceptors (Lipinski definition) is 8. The highest BCUT2D eigenvalue weighted by Crippen LogP contribution is 2.30. The lowest BCUT2D eigenvalue weighted by Gasteiger charge is -2.17. The van der Waals surface area contributed by atoms with E-state index >= 15 is 0 Å². The van der Waals surface area contributed by atoms with E-state index in [2.05, 4.69) is 36.6 Å². The Labute approximate surface area is 248 Å². The summed E-state index contributed by atoms with van der Waals surface area (Å²) in [6.45, 7) is 1.94. The van der Waals surface area contributed by atoms with Crippen molar-refractivity contribution in [3.63, 3.8) is 0 Å². The Bertz CT molecular complexity index is 1750. The number of aromatic nitrogens is 5. The van der Waals surface area contributed by atoms with Gasteiger partial charge in [-0.1, -0.05) is 24.3 Å². The lowest BCUT2D eigenvalue weighted by atomic mass is 10.1. The van der Waals surface area contributed by atoms with E-state index in [1.807, 2.05) is 77.4 Å². The predicted molar refractivity (Wildman–Crippen MR) is 165 cm³/mol. The Morgan fingerprint density at radius 1 is 1.21 bits per heavy atom. The van der Waals surface area contributed by atoms with Crippen LogP contribution in [0.15, 0.2) is 91.8 Å². The molecule has 0 saturated carbocycles. The van der Waals surface area contributed by atoms with Crippen LogP contribution in [0.25, 0.3) is 22.2 Å². The number of nitriles is 1. The maximum atomic E-state index is 12.9. The third kappa shape index (κ3) is 6.94. The van der Waals surface area contributed by atoms with Gasteiger partial charge in [0.2, 0.25) is 5.95 Å². The fourth-order valence-corrected chi connectivity index (χ4v) is 4.85. The first kappa shape index (κ1) is 28.8. The highest BCUT2D eigenvalue weighted by molar-refractivity contribution is 5.96. The van der Waals surface area contributed by atoms with Crippen LogP contribution in [-0.2, 0) is 11.3 Å². The van der Waals surface area contributed by atoms with Crippen molar-refractivity contribution in [2.75, 3.05) is 30.8 Å². The van der Waals surface area contributed by atoms with Crippen molar-refractivity contribution in [1.29, 1.82) is 5.26 Å². The van der Waals surface area contributed by atoms with Gasteiger partial charge in [-0.15, -0.1) is 0 Å². The summed E-state index contributed by atoms with van der Waals surface area (Å²) in [4.78, 5) is 40.6. The van der Waals surface area contributed by atoms with Crippen LogP contribution in [0, 0.1) is 11.3 Å². The summed E-state index contributed by atoms with van der Waals surface area (Å²) in [5.41, 5.74) is 4.49. The fourth-order valence-electron chi connectivity index (χ4n) is 4.85. The van der Waals surface area contributed by atoms with E-state index < -0.39 is 0 Å². The quantitative estimate of drug-likeness (QED) is 0.182. The number of rotatable bonds is 8. The highest BCUT2D eigenvalue weighted by Gasteiger charge is 2.27. The number of nitrogens with zero attached hydrogens (tertiary/aromatic N) is 6. The molecule has 0 spiro atoms. The number of H-pyrrole nitrogens is 1. The number of carbonyl (C=O) groups is 2. The molecule has 11 heteroatoms. The maximum absolute atomic E-state index is 12.9.